The van der Waals surface area contributed by atoms with Gasteiger partial charge in [-0.1, -0.05) is 30.3 Å². The SMILES string of the molecule is O=C(Cc1cccc(C(F)(F)F)c1)Nc1ccc(-c2csc(N3CCOCC3)n2)cc1. The lowest BCUT2D eigenvalue weighted by molar-refractivity contribution is -0.137. The van der Waals surface area contributed by atoms with Crippen molar-refractivity contribution in [2.24, 2.45) is 0 Å². The Bertz CT molecular complexity index is 1040. The van der Waals surface area contributed by atoms with E-state index in [-0.39, 0.29) is 12.3 Å². The lowest BCUT2D eigenvalue weighted by Gasteiger charge is -2.26. The number of nitrogens with zero attached hydrogens (tertiary/aromatic N) is 2. The molecule has 4 rings (SSSR count). The molecule has 0 radical (unpaired) electrons. The third kappa shape index (κ3) is 5.42. The van der Waals surface area contributed by atoms with E-state index >= 15 is 0 Å². The number of thiazole rings is 1. The largest absolute Gasteiger partial charge is 0.416 e. The van der Waals surface area contributed by atoms with Gasteiger partial charge in [-0.2, -0.15) is 13.2 Å². The lowest BCUT2D eigenvalue weighted by atomic mass is 10.1. The third-order valence-corrected chi connectivity index (χ3v) is 5.76. The van der Waals surface area contributed by atoms with E-state index in [1.165, 1.54) is 12.1 Å². The van der Waals surface area contributed by atoms with E-state index in [9.17, 15) is 18.0 Å². The summed E-state index contributed by atoms with van der Waals surface area (Å²) < 4.78 is 43.8. The zero-order chi connectivity index (χ0) is 21.8. The Balaban J connectivity index is 1.37. The summed E-state index contributed by atoms with van der Waals surface area (Å²) in [6.07, 6.45) is -4.57. The van der Waals surface area contributed by atoms with Gasteiger partial charge in [0.1, 0.15) is 0 Å². The van der Waals surface area contributed by atoms with Gasteiger partial charge in [-0.25, -0.2) is 4.98 Å². The molecule has 0 bridgehead atoms. The Morgan fingerprint density at radius 2 is 1.87 bits per heavy atom. The molecule has 1 aromatic heterocycles. The number of carbonyl (C=O) groups is 1. The molecule has 0 saturated carbocycles. The zero-order valence-electron chi connectivity index (χ0n) is 16.5. The van der Waals surface area contributed by atoms with Crippen LogP contribution in [0.2, 0.25) is 0 Å². The molecule has 0 atom stereocenters. The topological polar surface area (TPSA) is 54.5 Å². The number of hydrogen-bond acceptors (Lipinski definition) is 5. The number of morpholine rings is 1. The number of carbonyl (C=O) groups excluding carboxylic acids is 1. The van der Waals surface area contributed by atoms with Crippen molar-refractivity contribution in [3.05, 3.63) is 65.0 Å². The molecule has 1 aliphatic heterocycles. The molecular formula is C22H20F3N3O2S. The monoisotopic (exact) mass is 447 g/mol. The maximum atomic E-state index is 12.8. The number of nitrogens with one attached hydrogen (secondary N) is 1. The second kappa shape index (κ2) is 9.07. The summed E-state index contributed by atoms with van der Waals surface area (Å²) in [6.45, 7) is 3.04. The Labute approximate surface area is 181 Å². The number of aromatic nitrogens is 1. The Morgan fingerprint density at radius 3 is 2.58 bits per heavy atom. The first-order valence-corrected chi connectivity index (χ1v) is 10.6. The molecule has 162 valence electrons. The number of halogens is 3. The van der Waals surface area contributed by atoms with E-state index in [1.807, 2.05) is 17.5 Å². The number of hydrogen-bond donors (Lipinski definition) is 1. The van der Waals surface area contributed by atoms with Crippen LogP contribution in [0.3, 0.4) is 0 Å². The molecule has 2 aromatic carbocycles. The van der Waals surface area contributed by atoms with Crippen LogP contribution < -0.4 is 10.2 Å². The van der Waals surface area contributed by atoms with Crippen LogP contribution in [-0.4, -0.2) is 37.2 Å². The van der Waals surface area contributed by atoms with E-state index in [0.717, 1.165) is 41.6 Å². The van der Waals surface area contributed by atoms with Crippen molar-refractivity contribution < 1.29 is 22.7 Å². The quantitative estimate of drug-likeness (QED) is 0.608. The highest BCUT2D eigenvalue weighted by molar-refractivity contribution is 7.14. The molecule has 2 heterocycles. The van der Waals surface area contributed by atoms with Crippen LogP contribution >= 0.6 is 11.3 Å². The van der Waals surface area contributed by atoms with Gasteiger partial charge in [-0.3, -0.25) is 4.79 Å². The summed E-state index contributed by atoms with van der Waals surface area (Å²) in [5, 5.41) is 5.67. The van der Waals surface area contributed by atoms with Crippen molar-refractivity contribution in [2.45, 2.75) is 12.6 Å². The van der Waals surface area contributed by atoms with E-state index < -0.39 is 11.7 Å². The second-order valence-electron chi connectivity index (χ2n) is 7.12. The smallest absolute Gasteiger partial charge is 0.378 e. The summed E-state index contributed by atoms with van der Waals surface area (Å²) in [5.74, 6) is -0.379. The molecule has 0 spiro atoms. The van der Waals surface area contributed by atoms with Gasteiger partial charge in [0, 0.05) is 29.7 Å². The van der Waals surface area contributed by atoms with E-state index in [2.05, 4.69) is 15.2 Å². The molecular weight excluding hydrogens is 427 g/mol. The predicted molar refractivity (Wildman–Crippen MR) is 114 cm³/mol. The molecule has 1 N–H and O–H groups in total. The Kier molecular flexibility index (Phi) is 6.24. The average Bonchev–Trinajstić information content (AvgIpc) is 3.25. The molecule has 1 aliphatic rings. The van der Waals surface area contributed by atoms with Crippen LogP contribution in [0.1, 0.15) is 11.1 Å². The molecule has 3 aromatic rings. The van der Waals surface area contributed by atoms with Gasteiger partial charge in [-0.05, 0) is 23.8 Å². The first kappa shape index (κ1) is 21.3. The standard InChI is InChI=1S/C22H20F3N3O2S/c23-22(24,25)17-3-1-2-15(12-17)13-20(29)26-18-6-4-16(5-7-18)19-14-31-21(27-19)28-8-10-30-11-9-28/h1-7,12,14H,8-11,13H2,(H,26,29). The predicted octanol–water partition coefficient (Wildman–Crippen LogP) is 4.85. The van der Waals surface area contributed by atoms with Gasteiger partial charge in [0.25, 0.3) is 0 Å². The Morgan fingerprint density at radius 1 is 1.13 bits per heavy atom. The number of benzene rings is 2. The highest BCUT2D eigenvalue weighted by atomic mass is 32.1. The summed E-state index contributed by atoms with van der Waals surface area (Å²) in [5.41, 5.74) is 1.90. The minimum atomic E-state index is -4.43. The molecule has 5 nitrogen and oxygen atoms in total. The highest BCUT2D eigenvalue weighted by Crippen LogP contribution is 2.30. The van der Waals surface area contributed by atoms with Crippen molar-refractivity contribution >= 4 is 28.1 Å². The molecule has 0 unspecified atom stereocenters. The van der Waals surface area contributed by atoms with Crippen molar-refractivity contribution in [2.75, 3.05) is 36.5 Å². The van der Waals surface area contributed by atoms with Crippen LogP contribution in [0.5, 0.6) is 0 Å². The van der Waals surface area contributed by atoms with E-state index in [4.69, 9.17) is 4.74 Å². The van der Waals surface area contributed by atoms with Crippen molar-refractivity contribution in [3.8, 4) is 11.3 Å². The molecule has 9 heteroatoms. The maximum Gasteiger partial charge on any atom is 0.416 e. The summed E-state index contributed by atoms with van der Waals surface area (Å²) >= 11 is 1.58. The molecule has 1 saturated heterocycles. The fourth-order valence-electron chi connectivity index (χ4n) is 3.27. The van der Waals surface area contributed by atoms with Crippen LogP contribution in [0.15, 0.2) is 53.9 Å². The maximum absolute atomic E-state index is 12.8. The number of alkyl halides is 3. The fraction of sp³-hybridized carbons (Fsp3) is 0.273. The van der Waals surface area contributed by atoms with Crippen molar-refractivity contribution in [1.82, 2.24) is 4.98 Å². The normalized spacial score (nSPS) is 14.5. The van der Waals surface area contributed by atoms with Crippen LogP contribution in [0.4, 0.5) is 24.0 Å². The first-order chi connectivity index (χ1) is 14.9. The molecule has 1 fully saturated rings. The van der Waals surface area contributed by atoms with Gasteiger partial charge >= 0.3 is 6.18 Å². The summed E-state index contributed by atoms with van der Waals surface area (Å²) in [4.78, 5) is 19.1. The van der Waals surface area contributed by atoms with E-state index in [0.29, 0.717) is 24.5 Å². The second-order valence-corrected chi connectivity index (χ2v) is 7.95. The third-order valence-electron chi connectivity index (χ3n) is 4.86. The fourth-order valence-corrected chi connectivity index (χ4v) is 4.16. The zero-order valence-corrected chi connectivity index (χ0v) is 17.3. The van der Waals surface area contributed by atoms with Gasteiger partial charge < -0.3 is 15.0 Å². The summed E-state index contributed by atoms with van der Waals surface area (Å²) in [7, 11) is 0. The van der Waals surface area contributed by atoms with Crippen molar-refractivity contribution in [3.63, 3.8) is 0 Å². The number of amides is 1. The minimum Gasteiger partial charge on any atom is -0.378 e. The van der Waals surface area contributed by atoms with Crippen LogP contribution in [0.25, 0.3) is 11.3 Å². The highest BCUT2D eigenvalue weighted by Gasteiger charge is 2.30. The van der Waals surface area contributed by atoms with Crippen LogP contribution in [-0.2, 0) is 22.1 Å². The number of ether oxygens (including phenoxy) is 1. The van der Waals surface area contributed by atoms with Gasteiger partial charge in [0.05, 0.1) is 30.9 Å². The molecule has 0 aliphatic carbocycles. The molecule has 31 heavy (non-hydrogen) atoms. The number of anilines is 2. The van der Waals surface area contributed by atoms with Gasteiger partial charge in [0.2, 0.25) is 5.91 Å². The minimum absolute atomic E-state index is 0.138. The average molecular weight is 447 g/mol. The van der Waals surface area contributed by atoms with Gasteiger partial charge in [-0.15, -0.1) is 11.3 Å². The van der Waals surface area contributed by atoms with Crippen molar-refractivity contribution in [1.29, 1.82) is 0 Å². The van der Waals surface area contributed by atoms with Gasteiger partial charge in [0.15, 0.2) is 5.13 Å². The first-order valence-electron chi connectivity index (χ1n) is 9.73. The van der Waals surface area contributed by atoms with E-state index in [1.54, 1.807) is 23.5 Å². The Hall–Kier alpha value is -2.91. The molecule has 1 amide bonds. The lowest BCUT2D eigenvalue weighted by Crippen LogP contribution is -2.36. The summed E-state index contributed by atoms with van der Waals surface area (Å²) in [6, 6.07) is 12.0. The van der Waals surface area contributed by atoms with Crippen LogP contribution in [0, 0.1) is 0 Å². The number of rotatable bonds is 5.